The molecule has 1 aromatic carbocycles. The average molecular weight is 266 g/mol. The number of nitro benzene ring substituents is 1. The highest BCUT2D eigenvalue weighted by molar-refractivity contribution is 5.75. The number of carbonyl (C=O) groups is 1. The van der Waals surface area contributed by atoms with Crippen LogP contribution in [0.5, 0.6) is 0 Å². The predicted octanol–water partition coefficient (Wildman–Crippen LogP) is 2.20. The summed E-state index contributed by atoms with van der Waals surface area (Å²) in [5, 5.41) is 13.6. The van der Waals surface area contributed by atoms with E-state index < -0.39 is 11.0 Å². The normalized spacial score (nSPS) is 13.6. The largest absolute Gasteiger partial charge is 0.465 e. The number of nitro groups is 1. The van der Waals surface area contributed by atoms with E-state index in [1.807, 2.05) is 6.92 Å². The number of ether oxygens (including phenoxy) is 1. The number of hydrogen-bond acceptors (Lipinski definition) is 5. The molecule has 1 rings (SSSR count). The second-order valence-electron chi connectivity index (χ2n) is 4.21. The average Bonchev–Trinajstić information content (AvgIpc) is 2.38. The Balaban J connectivity index is 2.65. The lowest BCUT2D eigenvalue weighted by Gasteiger charge is -2.19. The summed E-state index contributed by atoms with van der Waals surface area (Å²) < 4.78 is 4.90. The van der Waals surface area contributed by atoms with Gasteiger partial charge in [-0.15, -0.1) is 0 Å². The van der Waals surface area contributed by atoms with Crippen LogP contribution in [0.3, 0.4) is 0 Å². The van der Waals surface area contributed by atoms with Gasteiger partial charge in [-0.1, -0.05) is 12.1 Å². The quantitative estimate of drug-likeness (QED) is 0.485. The lowest BCUT2D eigenvalue weighted by molar-refractivity contribution is -0.384. The predicted molar refractivity (Wildman–Crippen MR) is 70.7 cm³/mol. The molecule has 104 valence electrons. The van der Waals surface area contributed by atoms with Gasteiger partial charge < -0.3 is 4.74 Å². The molecule has 0 fully saturated rings. The van der Waals surface area contributed by atoms with Crippen molar-refractivity contribution in [2.24, 2.45) is 0 Å². The molecule has 0 saturated heterocycles. The number of nitrogens with one attached hydrogen (secondary N) is 1. The Morgan fingerprint density at radius 2 is 1.95 bits per heavy atom. The van der Waals surface area contributed by atoms with E-state index >= 15 is 0 Å². The van der Waals surface area contributed by atoms with E-state index in [9.17, 15) is 14.9 Å². The Bertz CT molecular complexity index is 444. The highest BCUT2D eigenvalue weighted by atomic mass is 16.6. The van der Waals surface area contributed by atoms with Crippen molar-refractivity contribution in [1.29, 1.82) is 0 Å². The first kappa shape index (κ1) is 15.1. The first-order valence-corrected chi connectivity index (χ1v) is 6.12. The molecular weight excluding hydrogens is 248 g/mol. The maximum absolute atomic E-state index is 11.5. The number of nitrogens with zero attached hydrogens (tertiary/aromatic N) is 1. The van der Waals surface area contributed by atoms with Gasteiger partial charge in [0.05, 0.1) is 11.5 Å². The third kappa shape index (κ3) is 4.33. The summed E-state index contributed by atoms with van der Waals surface area (Å²) >= 11 is 0. The summed E-state index contributed by atoms with van der Waals surface area (Å²) in [6.45, 7) is 5.71. The fourth-order valence-electron chi connectivity index (χ4n) is 1.69. The van der Waals surface area contributed by atoms with Gasteiger partial charge >= 0.3 is 5.97 Å². The van der Waals surface area contributed by atoms with E-state index in [0.29, 0.717) is 6.61 Å². The Morgan fingerprint density at radius 1 is 1.37 bits per heavy atom. The Kier molecular flexibility index (Phi) is 5.44. The maximum atomic E-state index is 11.5. The second kappa shape index (κ2) is 6.84. The van der Waals surface area contributed by atoms with Gasteiger partial charge in [0.25, 0.3) is 5.69 Å². The minimum atomic E-state index is -0.441. The first-order valence-electron chi connectivity index (χ1n) is 6.12. The zero-order chi connectivity index (χ0) is 14.4. The molecule has 0 radical (unpaired) electrons. The molecule has 0 aliphatic rings. The standard InChI is InChI=1S/C13H18N2O4/c1-4-19-13(16)10(3)14-9(2)11-5-7-12(8-6-11)15(17)18/h5-10,14H,4H2,1-3H3. The number of benzene rings is 1. The lowest BCUT2D eigenvalue weighted by Crippen LogP contribution is -2.37. The second-order valence-corrected chi connectivity index (χ2v) is 4.21. The number of hydrogen-bond donors (Lipinski definition) is 1. The fourth-order valence-corrected chi connectivity index (χ4v) is 1.69. The number of esters is 1. The number of carbonyl (C=O) groups excluding carboxylic acids is 1. The molecule has 1 N–H and O–H groups in total. The molecule has 0 bridgehead atoms. The van der Waals surface area contributed by atoms with Crippen molar-refractivity contribution in [3.8, 4) is 0 Å². The first-order chi connectivity index (χ1) is 8.95. The van der Waals surface area contributed by atoms with Crippen molar-refractivity contribution in [1.82, 2.24) is 5.32 Å². The van der Waals surface area contributed by atoms with Gasteiger partial charge in [-0.3, -0.25) is 20.2 Å². The van der Waals surface area contributed by atoms with Gasteiger partial charge in [-0.25, -0.2) is 0 Å². The molecule has 0 aromatic heterocycles. The summed E-state index contributed by atoms with van der Waals surface area (Å²) in [4.78, 5) is 21.6. The topological polar surface area (TPSA) is 81.5 Å². The molecule has 2 unspecified atom stereocenters. The molecule has 0 aliphatic heterocycles. The van der Waals surface area contributed by atoms with Crippen LogP contribution in [-0.2, 0) is 9.53 Å². The van der Waals surface area contributed by atoms with Crippen LogP contribution in [0.4, 0.5) is 5.69 Å². The molecule has 0 spiro atoms. The van der Waals surface area contributed by atoms with Gasteiger partial charge in [0, 0.05) is 18.2 Å². The molecule has 19 heavy (non-hydrogen) atoms. The zero-order valence-corrected chi connectivity index (χ0v) is 11.3. The fraction of sp³-hybridized carbons (Fsp3) is 0.462. The summed E-state index contributed by atoms with van der Waals surface area (Å²) in [7, 11) is 0. The van der Waals surface area contributed by atoms with Crippen LogP contribution < -0.4 is 5.32 Å². The van der Waals surface area contributed by atoms with Gasteiger partial charge in [0.2, 0.25) is 0 Å². The summed E-state index contributed by atoms with van der Waals surface area (Å²) in [6, 6.07) is 5.72. The van der Waals surface area contributed by atoms with Gasteiger partial charge in [0.15, 0.2) is 0 Å². The molecule has 6 nitrogen and oxygen atoms in total. The Labute approximate surface area is 111 Å². The molecule has 2 atom stereocenters. The smallest absolute Gasteiger partial charge is 0.322 e. The summed E-state index contributed by atoms with van der Waals surface area (Å²) in [6.07, 6.45) is 0. The summed E-state index contributed by atoms with van der Waals surface area (Å²) in [5.74, 6) is -0.309. The van der Waals surface area contributed by atoms with Gasteiger partial charge in [-0.2, -0.15) is 0 Å². The van der Waals surface area contributed by atoms with Crippen molar-refractivity contribution in [2.45, 2.75) is 32.9 Å². The van der Waals surface area contributed by atoms with Crippen LogP contribution in [0.1, 0.15) is 32.4 Å². The van der Waals surface area contributed by atoms with Crippen molar-refractivity contribution in [3.63, 3.8) is 0 Å². The van der Waals surface area contributed by atoms with E-state index in [4.69, 9.17) is 4.74 Å². The molecule has 0 saturated carbocycles. The highest BCUT2D eigenvalue weighted by Crippen LogP contribution is 2.17. The molecule has 0 heterocycles. The minimum absolute atomic E-state index is 0.0504. The number of rotatable bonds is 6. The zero-order valence-electron chi connectivity index (χ0n) is 11.3. The van der Waals surface area contributed by atoms with Crippen molar-refractivity contribution >= 4 is 11.7 Å². The van der Waals surface area contributed by atoms with E-state index in [0.717, 1.165) is 5.56 Å². The lowest BCUT2D eigenvalue weighted by atomic mass is 10.1. The minimum Gasteiger partial charge on any atom is -0.465 e. The Hall–Kier alpha value is -1.95. The van der Waals surface area contributed by atoms with Gasteiger partial charge in [-0.05, 0) is 26.3 Å². The number of non-ortho nitro benzene ring substituents is 1. The molecule has 1 aromatic rings. The monoisotopic (exact) mass is 266 g/mol. The molecule has 0 aliphatic carbocycles. The SMILES string of the molecule is CCOC(=O)C(C)NC(C)c1ccc([N+](=O)[O-])cc1. The van der Waals surface area contributed by atoms with Crippen molar-refractivity contribution in [3.05, 3.63) is 39.9 Å². The van der Waals surface area contributed by atoms with Crippen molar-refractivity contribution < 1.29 is 14.5 Å². The van der Waals surface area contributed by atoms with E-state index in [-0.39, 0.29) is 17.7 Å². The van der Waals surface area contributed by atoms with Crippen LogP contribution in [-0.4, -0.2) is 23.5 Å². The van der Waals surface area contributed by atoms with Crippen LogP contribution in [0.15, 0.2) is 24.3 Å². The van der Waals surface area contributed by atoms with Crippen LogP contribution in [0.2, 0.25) is 0 Å². The van der Waals surface area contributed by atoms with Crippen LogP contribution in [0, 0.1) is 10.1 Å². The third-order valence-electron chi connectivity index (χ3n) is 2.74. The summed E-state index contributed by atoms with van der Waals surface area (Å²) in [5.41, 5.74) is 0.927. The van der Waals surface area contributed by atoms with E-state index in [2.05, 4.69) is 5.32 Å². The van der Waals surface area contributed by atoms with E-state index in [1.54, 1.807) is 26.0 Å². The van der Waals surface area contributed by atoms with Crippen molar-refractivity contribution in [2.75, 3.05) is 6.61 Å². The van der Waals surface area contributed by atoms with Crippen LogP contribution in [0.25, 0.3) is 0 Å². The van der Waals surface area contributed by atoms with E-state index in [1.165, 1.54) is 12.1 Å². The Morgan fingerprint density at radius 3 is 2.42 bits per heavy atom. The molecule has 0 amide bonds. The third-order valence-corrected chi connectivity index (χ3v) is 2.74. The highest BCUT2D eigenvalue weighted by Gasteiger charge is 2.17. The molecule has 6 heteroatoms. The molecular formula is C13H18N2O4. The maximum Gasteiger partial charge on any atom is 0.322 e. The van der Waals surface area contributed by atoms with Crippen LogP contribution >= 0.6 is 0 Å². The van der Waals surface area contributed by atoms with Gasteiger partial charge in [0.1, 0.15) is 6.04 Å².